The molecule has 3 atom stereocenters. The van der Waals surface area contributed by atoms with Crippen LogP contribution in [0.5, 0.6) is 5.75 Å². The third-order valence-corrected chi connectivity index (χ3v) is 5.58. The van der Waals surface area contributed by atoms with Crippen molar-refractivity contribution in [2.45, 2.75) is 63.6 Å². The number of guanidine groups is 1. The molecule has 2 fully saturated rings. The van der Waals surface area contributed by atoms with E-state index < -0.39 is 6.10 Å². The predicted molar refractivity (Wildman–Crippen MR) is 114 cm³/mol. The zero-order valence-corrected chi connectivity index (χ0v) is 17.5. The van der Waals surface area contributed by atoms with Crippen molar-refractivity contribution in [1.29, 1.82) is 0 Å². The molecule has 7 heteroatoms. The standard InChI is InChI=1S/C22H34N4O3/c1-3-23-22(24-14-20(27)15-7-11-19(29-2)12-8-15)26-18-6-4-5-16(13-18)21(28)25-17-9-10-17/h7-8,11-12,16-18,20,27H,3-6,9-10,13-14H2,1-2H3,(H,25,28)(H2,23,24,26). The number of amides is 1. The Morgan fingerprint density at radius 1 is 1.17 bits per heavy atom. The van der Waals surface area contributed by atoms with Gasteiger partial charge in [-0.1, -0.05) is 18.6 Å². The highest BCUT2D eigenvalue weighted by Crippen LogP contribution is 2.27. The maximum absolute atomic E-state index is 12.4. The molecule has 1 aromatic carbocycles. The topological polar surface area (TPSA) is 95.0 Å². The van der Waals surface area contributed by atoms with Gasteiger partial charge in [-0.25, -0.2) is 0 Å². The van der Waals surface area contributed by atoms with Crippen LogP contribution >= 0.6 is 0 Å². The second-order valence-electron chi connectivity index (χ2n) is 8.00. The van der Waals surface area contributed by atoms with Crippen molar-refractivity contribution in [3.05, 3.63) is 29.8 Å². The van der Waals surface area contributed by atoms with Crippen molar-refractivity contribution < 1.29 is 14.6 Å². The summed E-state index contributed by atoms with van der Waals surface area (Å²) in [6, 6.07) is 8.00. The Morgan fingerprint density at radius 3 is 2.59 bits per heavy atom. The first-order valence-corrected chi connectivity index (χ1v) is 10.8. The van der Waals surface area contributed by atoms with Gasteiger partial charge in [0.15, 0.2) is 5.96 Å². The third-order valence-electron chi connectivity index (χ3n) is 5.58. The number of hydrogen-bond donors (Lipinski definition) is 4. The Labute approximate surface area is 173 Å². The zero-order valence-electron chi connectivity index (χ0n) is 17.5. The van der Waals surface area contributed by atoms with E-state index in [2.05, 4.69) is 20.9 Å². The number of methoxy groups -OCH3 is 1. The summed E-state index contributed by atoms with van der Waals surface area (Å²) in [5, 5.41) is 20.3. The first kappa shape index (κ1) is 21.4. The van der Waals surface area contributed by atoms with Gasteiger partial charge in [-0.3, -0.25) is 9.79 Å². The van der Waals surface area contributed by atoms with Gasteiger partial charge in [-0.15, -0.1) is 0 Å². The van der Waals surface area contributed by atoms with Gasteiger partial charge in [-0.05, 0) is 56.7 Å². The minimum absolute atomic E-state index is 0.0783. The second-order valence-corrected chi connectivity index (χ2v) is 8.00. The molecule has 0 aliphatic heterocycles. The summed E-state index contributed by atoms with van der Waals surface area (Å²) in [7, 11) is 1.62. The van der Waals surface area contributed by atoms with Crippen LogP contribution in [-0.4, -0.2) is 49.3 Å². The highest BCUT2D eigenvalue weighted by atomic mass is 16.5. The smallest absolute Gasteiger partial charge is 0.223 e. The molecule has 0 aromatic heterocycles. The minimum Gasteiger partial charge on any atom is -0.497 e. The minimum atomic E-state index is -0.681. The molecule has 4 N–H and O–H groups in total. The summed E-state index contributed by atoms with van der Waals surface area (Å²) < 4.78 is 5.16. The molecule has 0 spiro atoms. The Morgan fingerprint density at radius 2 is 1.93 bits per heavy atom. The molecule has 2 aliphatic carbocycles. The Bertz CT molecular complexity index is 688. The van der Waals surface area contributed by atoms with E-state index in [1.54, 1.807) is 7.11 Å². The Balaban J connectivity index is 1.54. The van der Waals surface area contributed by atoms with Gasteiger partial charge in [0.05, 0.1) is 19.8 Å². The van der Waals surface area contributed by atoms with Crippen molar-refractivity contribution in [3.8, 4) is 5.75 Å². The van der Waals surface area contributed by atoms with Gasteiger partial charge < -0.3 is 25.8 Å². The highest BCUT2D eigenvalue weighted by Gasteiger charge is 2.31. The molecule has 3 rings (SSSR count). The summed E-state index contributed by atoms with van der Waals surface area (Å²) in [6.07, 6.45) is 5.40. The van der Waals surface area contributed by atoms with Crippen LogP contribution in [0, 0.1) is 5.92 Å². The molecule has 29 heavy (non-hydrogen) atoms. The van der Waals surface area contributed by atoms with Crippen LogP contribution in [0.2, 0.25) is 0 Å². The number of aliphatic imine (C=N–C) groups is 1. The lowest BCUT2D eigenvalue weighted by atomic mass is 9.85. The van der Waals surface area contributed by atoms with E-state index in [-0.39, 0.29) is 24.4 Å². The van der Waals surface area contributed by atoms with Gasteiger partial charge in [0.2, 0.25) is 5.91 Å². The molecule has 2 aliphatic rings. The van der Waals surface area contributed by atoms with E-state index in [9.17, 15) is 9.90 Å². The van der Waals surface area contributed by atoms with Crippen molar-refractivity contribution in [3.63, 3.8) is 0 Å². The number of aliphatic hydroxyl groups is 1. The summed E-state index contributed by atoms with van der Waals surface area (Å²) in [6.45, 7) is 3.02. The fourth-order valence-electron chi connectivity index (χ4n) is 3.73. The first-order chi connectivity index (χ1) is 14.1. The van der Waals surface area contributed by atoms with Gasteiger partial charge in [0.1, 0.15) is 5.75 Å². The van der Waals surface area contributed by atoms with E-state index in [4.69, 9.17) is 4.74 Å². The number of nitrogens with one attached hydrogen (secondary N) is 3. The number of benzene rings is 1. The van der Waals surface area contributed by atoms with E-state index in [0.29, 0.717) is 12.0 Å². The van der Waals surface area contributed by atoms with Crippen molar-refractivity contribution in [2.75, 3.05) is 20.2 Å². The molecule has 0 radical (unpaired) electrons. The van der Waals surface area contributed by atoms with E-state index in [0.717, 1.165) is 56.4 Å². The van der Waals surface area contributed by atoms with E-state index in [1.807, 2.05) is 31.2 Å². The molecule has 3 unspecified atom stereocenters. The number of ether oxygens (including phenoxy) is 1. The normalized spacial score (nSPS) is 23.2. The summed E-state index contributed by atoms with van der Waals surface area (Å²) in [5.74, 6) is 1.73. The van der Waals surface area contributed by atoms with Gasteiger partial charge in [0.25, 0.3) is 0 Å². The molecular formula is C22H34N4O3. The molecule has 1 amide bonds. The third kappa shape index (κ3) is 6.63. The lowest BCUT2D eigenvalue weighted by Gasteiger charge is -2.30. The monoisotopic (exact) mass is 402 g/mol. The second kappa shape index (κ2) is 10.5. The average Bonchev–Trinajstić information content (AvgIpc) is 3.56. The lowest BCUT2D eigenvalue weighted by molar-refractivity contribution is -0.126. The van der Waals surface area contributed by atoms with E-state index >= 15 is 0 Å². The zero-order chi connectivity index (χ0) is 20.6. The molecule has 2 saturated carbocycles. The molecule has 1 aromatic rings. The van der Waals surface area contributed by atoms with Crippen molar-refractivity contribution in [2.24, 2.45) is 10.9 Å². The summed E-state index contributed by atoms with van der Waals surface area (Å²) in [4.78, 5) is 17.0. The number of aliphatic hydroxyl groups excluding tert-OH is 1. The maximum atomic E-state index is 12.4. The highest BCUT2D eigenvalue weighted by molar-refractivity contribution is 5.81. The maximum Gasteiger partial charge on any atom is 0.223 e. The Kier molecular flexibility index (Phi) is 7.75. The van der Waals surface area contributed by atoms with Crippen molar-refractivity contribution in [1.82, 2.24) is 16.0 Å². The average molecular weight is 403 g/mol. The number of rotatable bonds is 8. The molecular weight excluding hydrogens is 368 g/mol. The van der Waals surface area contributed by atoms with Gasteiger partial charge in [0, 0.05) is 24.5 Å². The molecule has 0 bridgehead atoms. The summed E-state index contributed by atoms with van der Waals surface area (Å²) >= 11 is 0. The quantitative estimate of drug-likeness (QED) is 0.395. The predicted octanol–water partition coefficient (Wildman–Crippen LogP) is 2.12. The van der Waals surface area contributed by atoms with Gasteiger partial charge in [-0.2, -0.15) is 0 Å². The van der Waals surface area contributed by atoms with Crippen LogP contribution in [0.1, 0.15) is 57.1 Å². The molecule has 7 nitrogen and oxygen atoms in total. The lowest BCUT2D eigenvalue weighted by Crippen LogP contribution is -2.47. The van der Waals surface area contributed by atoms with Crippen LogP contribution < -0.4 is 20.7 Å². The SMILES string of the molecule is CCNC(=NCC(O)c1ccc(OC)cc1)NC1CCCC(C(=O)NC2CC2)C1. The summed E-state index contributed by atoms with van der Waals surface area (Å²) in [5.41, 5.74) is 0.805. The van der Waals surface area contributed by atoms with Crippen LogP contribution in [-0.2, 0) is 4.79 Å². The molecule has 0 saturated heterocycles. The van der Waals surface area contributed by atoms with Crippen LogP contribution in [0.15, 0.2) is 29.3 Å². The number of nitrogens with zero attached hydrogens (tertiary/aromatic N) is 1. The number of carbonyl (C=O) groups excluding carboxylic acids is 1. The fraction of sp³-hybridized carbons (Fsp3) is 0.636. The fourth-order valence-corrected chi connectivity index (χ4v) is 3.73. The number of carbonyl (C=O) groups is 1. The van der Waals surface area contributed by atoms with Crippen LogP contribution in [0.25, 0.3) is 0 Å². The molecule has 160 valence electrons. The van der Waals surface area contributed by atoms with Crippen molar-refractivity contribution >= 4 is 11.9 Å². The first-order valence-electron chi connectivity index (χ1n) is 10.8. The van der Waals surface area contributed by atoms with Gasteiger partial charge >= 0.3 is 0 Å². The largest absolute Gasteiger partial charge is 0.497 e. The van der Waals surface area contributed by atoms with E-state index in [1.165, 1.54) is 0 Å². The van der Waals surface area contributed by atoms with Crippen LogP contribution in [0.4, 0.5) is 0 Å². The molecule has 0 heterocycles. The Hall–Kier alpha value is -2.28. The number of hydrogen-bond acceptors (Lipinski definition) is 4. The van der Waals surface area contributed by atoms with Crippen LogP contribution in [0.3, 0.4) is 0 Å².